The molecule has 2 heteroatoms. The Balaban J connectivity index is 0.000000810. The smallest absolute Gasteiger partial charge is 0 e. The molecule has 0 unspecified atom stereocenters. The summed E-state index contributed by atoms with van der Waals surface area (Å²) in [6.07, 6.45) is 0. The molecule has 51 valence electrons. The first kappa shape index (κ1) is 10.8. The summed E-state index contributed by atoms with van der Waals surface area (Å²) in [7, 11) is 0. The van der Waals surface area contributed by atoms with Crippen molar-refractivity contribution in [3.63, 3.8) is 0 Å². The van der Waals surface area contributed by atoms with Gasteiger partial charge in [0.2, 0.25) is 0 Å². The molecule has 1 aromatic rings. The fourth-order valence-electron chi connectivity index (χ4n) is 0.641. The summed E-state index contributed by atoms with van der Waals surface area (Å²) in [5.41, 5.74) is 2.30. The topological polar surface area (TPSA) is 0 Å². The van der Waals surface area contributed by atoms with Crippen LogP contribution in [0.3, 0.4) is 0 Å². The zero-order chi connectivity index (χ0) is 6.69. The maximum Gasteiger partial charge on any atom is 0 e. The average molecular weight is 319 g/mol. The molecule has 0 aliphatic carbocycles. The van der Waals surface area contributed by atoms with Crippen LogP contribution in [0.2, 0.25) is 0 Å². The van der Waals surface area contributed by atoms with Gasteiger partial charge in [0, 0.05) is 32.7 Å². The van der Waals surface area contributed by atoms with E-state index in [1.54, 1.807) is 0 Å². The van der Waals surface area contributed by atoms with Crippen LogP contribution in [0, 0.1) is 11.4 Å². The molecule has 0 spiro atoms. The van der Waals surface area contributed by atoms with Gasteiger partial charge in [0.1, 0.15) is 0 Å². The molecule has 1 rings (SSSR count). The van der Waals surface area contributed by atoms with E-state index in [4.69, 9.17) is 0 Å². The molecule has 0 amide bonds. The zero-order valence-electron chi connectivity index (χ0n) is 5.55. The van der Waals surface area contributed by atoms with Crippen LogP contribution < -0.4 is 0 Å². The second kappa shape index (κ2) is 5.45. The fourth-order valence-corrected chi connectivity index (χ4v) is 1.25. The standard InChI is InChI=1S/C8H7I.Y/c1-7-4-2-3-5-8(7)6-9;/h2-6H,1H2;/q-2;. The summed E-state index contributed by atoms with van der Waals surface area (Å²) >= 11 is 2.21. The van der Waals surface area contributed by atoms with E-state index >= 15 is 0 Å². The minimum Gasteiger partial charge on any atom is -0.298 e. The van der Waals surface area contributed by atoms with Crippen LogP contribution in [-0.2, 0) is 32.7 Å². The third-order valence-corrected chi connectivity index (χ3v) is 1.84. The Labute approximate surface area is 101 Å². The fraction of sp³-hybridized carbons (Fsp3) is 0. The van der Waals surface area contributed by atoms with E-state index in [1.807, 2.05) is 22.6 Å². The molecule has 10 heavy (non-hydrogen) atoms. The Morgan fingerprint density at radius 3 is 2.30 bits per heavy atom. The van der Waals surface area contributed by atoms with E-state index in [1.165, 1.54) is 5.56 Å². The van der Waals surface area contributed by atoms with Crippen molar-refractivity contribution in [3.8, 4) is 0 Å². The van der Waals surface area contributed by atoms with Crippen molar-refractivity contribution >= 4 is 22.6 Å². The minimum atomic E-state index is 0. The quantitative estimate of drug-likeness (QED) is 0.552. The normalized spacial score (nSPS) is 8.10. The molecule has 0 atom stereocenters. The largest absolute Gasteiger partial charge is 0.298 e. The average Bonchev–Trinajstić information content (AvgIpc) is 1.89. The summed E-state index contributed by atoms with van der Waals surface area (Å²) in [4.78, 5) is 0. The summed E-state index contributed by atoms with van der Waals surface area (Å²) in [6.45, 7) is 3.86. The number of halogens is 1. The minimum absolute atomic E-state index is 0. The molecular formula is C8H7IY-2. The van der Waals surface area contributed by atoms with Gasteiger partial charge in [-0.1, -0.05) is 0 Å². The van der Waals surface area contributed by atoms with Gasteiger partial charge < -0.3 is 0 Å². The van der Waals surface area contributed by atoms with Crippen molar-refractivity contribution in [1.82, 2.24) is 0 Å². The molecule has 0 N–H and O–H groups in total. The number of benzene rings is 1. The number of hydrogen-bond acceptors (Lipinski definition) is 0. The Kier molecular flexibility index (Phi) is 5.88. The maximum atomic E-state index is 3.86. The summed E-state index contributed by atoms with van der Waals surface area (Å²) in [6, 6.07) is 8.06. The van der Waals surface area contributed by atoms with Crippen molar-refractivity contribution in [2.24, 2.45) is 0 Å². The first-order chi connectivity index (χ1) is 4.34. The van der Waals surface area contributed by atoms with Crippen LogP contribution >= 0.6 is 22.6 Å². The van der Waals surface area contributed by atoms with E-state index in [-0.39, 0.29) is 32.7 Å². The molecule has 0 aromatic heterocycles. The zero-order valence-corrected chi connectivity index (χ0v) is 10.5. The van der Waals surface area contributed by atoms with Crippen molar-refractivity contribution < 1.29 is 32.7 Å². The summed E-state index contributed by atoms with van der Waals surface area (Å²) in [5.74, 6) is 0. The Bertz CT molecular complexity index is 198. The SMILES string of the molecule is [CH2-]c1ccccc1[CH-]I.[Y]. The summed E-state index contributed by atoms with van der Waals surface area (Å²) in [5, 5.41) is 0. The van der Waals surface area contributed by atoms with E-state index in [9.17, 15) is 0 Å². The van der Waals surface area contributed by atoms with Gasteiger partial charge >= 0.3 is 0 Å². The molecule has 0 heterocycles. The van der Waals surface area contributed by atoms with Gasteiger partial charge in [0.25, 0.3) is 0 Å². The molecule has 1 radical (unpaired) electrons. The molecule has 0 fully saturated rings. The second-order valence-corrected chi connectivity index (χ2v) is 2.43. The van der Waals surface area contributed by atoms with Gasteiger partial charge in [0.05, 0.1) is 0 Å². The van der Waals surface area contributed by atoms with E-state index in [0.717, 1.165) is 5.56 Å². The molecule has 0 nitrogen and oxygen atoms in total. The first-order valence-electron chi connectivity index (χ1n) is 2.69. The van der Waals surface area contributed by atoms with Crippen LogP contribution in [0.1, 0.15) is 11.1 Å². The van der Waals surface area contributed by atoms with Gasteiger partial charge in [-0.05, 0) is 0 Å². The van der Waals surface area contributed by atoms with Crippen molar-refractivity contribution in [3.05, 3.63) is 46.7 Å². The number of hydrogen-bond donors (Lipinski definition) is 0. The monoisotopic (exact) mass is 319 g/mol. The van der Waals surface area contributed by atoms with Gasteiger partial charge in [-0.25, -0.2) is 12.1 Å². The molecular weight excluding hydrogens is 312 g/mol. The second-order valence-electron chi connectivity index (χ2n) is 1.81. The molecule has 1 aromatic carbocycles. The van der Waals surface area contributed by atoms with Gasteiger partial charge in [-0.3, -0.25) is 18.1 Å². The van der Waals surface area contributed by atoms with Crippen LogP contribution in [0.5, 0.6) is 0 Å². The third-order valence-electron chi connectivity index (χ3n) is 1.17. The molecule has 0 saturated carbocycles. The Morgan fingerprint density at radius 1 is 1.30 bits per heavy atom. The Morgan fingerprint density at radius 2 is 1.90 bits per heavy atom. The Hall–Kier alpha value is 0.794. The van der Waals surface area contributed by atoms with Crippen LogP contribution in [0.15, 0.2) is 24.3 Å². The van der Waals surface area contributed by atoms with E-state index in [2.05, 4.69) is 35.6 Å². The van der Waals surface area contributed by atoms with Crippen molar-refractivity contribution in [2.45, 2.75) is 0 Å². The van der Waals surface area contributed by atoms with Crippen LogP contribution in [0.4, 0.5) is 0 Å². The summed E-state index contributed by atoms with van der Waals surface area (Å²) < 4.78 is 2.03. The van der Waals surface area contributed by atoms with Crippen LogP contribution in [0.25, 0.3) is 0 Å². The number of rotatable bonds is 1. The molecule has 0 saturated heterocycles. The van der Waals surface area contributed by atoms with Gasteiger partial charge in [0.15, 0.2) is 0 Å². The first-order valence-corrected chi connectivity index (χ1v) is 3.93. The molecule has 0 bridgehead atoms. The van der Waals surface area contributed by atoms with Gasteiger partial charge in [-0.15, -0.1) is 12.1 Å². The van der Waals surface area contributed by atoms with E-state index in [0.29, 0.717) is 0 Å². The third kappa shape index (κ3) is 2.81. The van der Waals surface area contributed by atoms with Gasteiger partial charge in [-0.2, -0.15) is 27.0 Å². The predicted octanol–water partition coefficient (Wildman–Crippen LogP) is 2.81. The molecule has 0 aliphatic heterocycles. The van der Waals surface area contributed by atoms with Crippen molar-refractivity contribution in [1.29, 1.82) is 0 Å². The maximum absolute atomic E-state index is 3.86. The van der Waals surface area contributed by atoms with Crippen LogP contribution in [-0.4, -0.2) is 0 Å². The molecule has 0 aliphatic rings. The predicted molar refractivity (Wildman–Crippen MR) is 48.3 cm³/mol. The van der Waals surface area contributed by atoms with Crippen molar-refractivity contribution in [2.75, 3.05) is 0 Å². The van der Waals surface area contributed by atoms with E-state index < -0.39 is 0 Å².